The van der Waals surface area contributed by atoms with E-state index in [4.69, 9.17) is 11.0 Å². The molecule has 0 amide bonds. The molecular weight excluding hydrogens is 198 g/mol. The van der Waals surface area contributed by atoms with Crippen LogP contribution in [0.1, 0.15) is 19.4 Å². The Bertz CT molecular complexity index is 372. The first-order valence-corrected chi connectivity index (χ1v) is 5.58. The number of nitriles is 1. The average Bonchev–Trinajstić information content (AvgIpc) is 2.24. The fraction of sp³-hybridized carbons (Fsp3) is 0.462. The molecule has 0 bridgehead atoms. The van der Waals surface area contributed by atoms with Crippen molar-refractivity contribution in [2.24, 2.45) is 5.92 Å². The molecule has 0 aromatic heterocycles. The van der Waals surface area contributed by atoms with Gasteiger partial charge < -0.3 is 10.6 Å². The van der Waals surface area contributed by atoms with E-state index in [0.29, 0.717) is 0 Å². The third-order valence-electron chi connectivity index (χ3n) is 2.55. The maximum atomic E-state index is 8.83. The topological polar surface area (TPSA) is 53.0 Å². The van der Waals surface area contributed by atoms with Crippen molar-refractivity contribution in [2.75, 3.05) is 23.7 Å². The van der Waals surface area contributed by atoms with Crippen molar-refractivity contribution < 1.29 is 0 Å². The van der Waals surface area contributed by atoms with Crippen molar-refractivity contribution in [3.8, 4) is 6.07 Å². The molecule has 1 unspecified atom stereocenters. The highest BCUT2D eigenvalue weighted by molar-refractivity contribution is 5.58. The standard InChI is InChI=1S/C13H19N3/c1-4-16(9-11(3)8-14)13-6-10(2)5-12(15)7-13/h5-7,11H,4,9,15H2,1-3H3. The molecule has 0 spiro atoms. The SMILES string of the molecule is CCN(CC(C)C#N)c1cc(C)cc(N)c1. The quantitative estimate of drug-likeness (QED) is 0.789. The molecular formula is C13H19N3. The molecule has 1 rings (SSSR count). The molecule has 0 saturated heterocycles. The lowest BCUT2D eigenvalue weighted by atomic mass is 10.1. The number of benzene rings is 1. The first-order valence-electron chi connectivity index (χ1n) is 5.58. The average molecular weight is 217 g/mol. The number of anilines is 2. The molecule has 1 aromatic rings. The van der Waals surface area contributed by atoms with Gasteiger partial charge in [0, 0.05) is 24.5 Å². The van der Waals surface area contributed by atoms with Crippen molar-refractivity contribution in [3.63, 3.8) is 0 Å². The molecule has 0 radical (unpaired) electrons. The van der Waals surface area contributed by atoms with Gasteiger partial charge >= 0.3 is 0 Å². The lowest BCUT2D eigenvalue weighted by Gasteiger charge is -2.24. The van der Waals surface area contributed by atoms with Crippen molar-refractivity contribution in [3.05, 3.63) is 23.8 Å². The number of nitrogens with two attached hydrogens (primary N) is 1. The van der Waals surface area contributed by atoms with Gasteiger partial charge in [-0.15, -0.1) is 0 Å². The van der Waals surface area contributed by atoms with E-state index in [1.165, 1.54) is 0 Å². The Kier molecular flexibility index (Phi) is 4.19. The van der Waals surface area contributed by atoms with Crippen LogP contribution in [0, 0.1) is 24.2 Å². The monoisotopic (exact) mass is 217 g/mol. The first kappa shape index (κ1) is 12.4. The van der Waals surface area contributed by atoms with Crippen LogP contribution in [0.3, 0.4) is 0 Å². The summed E-state index contributed by atoms with van der Waals surface area (Å²) in [5, 5.41) is 8.83. The van der Waals surface area contributed by atoms with Crippen molar-refractivity contribution in [1.82, 2.24) is 0 Å². The predicted molar refractivity (Wildman–Crippen MR) is 68.3 cm³/mol. The summed E-state index contributed by atoms with van der Waals surface area (Å²) in [7, 11) is 0. The molecule has 2 N–H and O–H groups in total. The van der Waals surface area contributed by atoms with Gasteiger partial charge in [-0.2, -0.15) is 5.26 Å². The Morgan fingerprint density at radius 2 is 2.12 bits per heavy atom. The van der Waals surface area contributed by atoms with Crippen molar-refractivity contribution >= 4 is 11.4 Å². The van der Waals surface area contributed by atoms with Crippen molar-refractivity contribution in [2.45, 2.75) is 20.8 Å². The fourth-order valence-corrected chi connectivity index (χ4v) is 1.76. The number of nitrogen functional groups attached to an aromatic ring is 1. The molecule has 1 aromatic carbocycles. The Morgan fingerprint density at radius 3 is 2.62 bits per heavy atom. The van der Waals surface area contributed by atoms with E-state index in [-0.39, 0.29) is 5.92 Å². The molecule has 3 heteroatoms. The summed E-state index contributed by atoms with van der Waals surface area (Å²) in [5.74, 6) is 0.0293. The van der Waals surface area contributed by atoms with Crippen LogP contribution >= 0.6 is 0 Å². The third kappa shape index (κ3) is 3.16. The number of hydrogen-bond acceptors (Lipinski definition) is 3. The molecule has 0 saturated carbocycles. The summed E-state index contributed by atoms with van der Waals surface area (Å²) in [4.78, 5) is 2.18. The minimum Gasteiger partial charge on any atom is -0.399 e. The zero-order chi connectivity index (χ0) is 12.1. The van der Waals surface area contributed by atoms with E-state index in [1.807, 2.05) is 26.0 Å². The molecule has 0 heterocycles. The van der Waals surface area contributed by atoms with Gasteiger partial charge in [-0.25, -0.2) is 0 Å². The van der Waals surface area contributed by atoms with Gasteiger partial charge in [0.15, 0.2) is 0 Å². The molecule has 0 aliphatic rings. The van der Waals surface area contributed by atoms with E-state index >= 15 is 0 Å². The van der Waals surface area contributed by atoms with Crippen molar-refractivity contribution in [1.29, 1.82) is 5.26 Å². The second kappa shape index (κ2) is 5.41. The third-order valence-corrected chi connectivity index (χ3v) is 2.55. The van der Waals surface area contributed by atoms with E-state index in [1.54, 1.807) is 0 Å². The van der Waals surface area contributed by atoms with Crippen LogP contribution in [0.25, 0.3) is 0 Å². The van der Waals surface area contributed by atoms with E-state index < -0.39 is 0 Å². The summed E-state index contributed by atoms with van der Waals surface area (Å²) >= 11 is 0. The molecule has 86 valence electrons. The Labute approximate surface area is 97.5 Å². The van der Waals surface area contributed by atoms with Crippen LogP contribution in [0.4, 0.5) is 11.4 Å². The lowest BCUT2D eigenvalue weighted by Crippen LogP contribution is -2.27. The zero-order valence-corrected chi connectivity index (χ0v) is 10.2. The highest BCUT2D eigenvalue weighted by Crippen LogP contribution is 2.21. The van der Waals surface area contributed by atoms with Gasteiger partial charge in [0.25, 0.3) is 0 Å². The molecule has 16 heavy (non-hydrogen) atoms. The van der Waals surface area contributed by atoms with Crippen LogP contribution in [-0.2, 0) is 0 Å². The van der Waals surface area contributed by atoms with Gasteiger partial charge in [0.2, 0.25) is 0 Å². The van der Waals surface area contributed by atoms with Gasteiger partial charge in [-0.1, -0.05) is 0 Å². The van der Waals surface area contributed by atoms with Crippen LogP contribution < -0.4 is 10.6 Å². The van der Waals surface area contributed by atoms with Crippen LogP contribution in [0.2, 0.25) is 0 Å². The number of aryl methyl sites for hydroxylation is 1. The fourth-order valence-electron chi connectivity index (χ4n) is 1.76. The molecule has 0 fully saturated rings. The summed E-state index contributed by atoms with van der Waals surface area (Å²) < 4.78 is 0. The zero-order valence-electron chi connectivity index (χ0n) is 10.2. The van der Waals surface area contributed by atoms with Gasteiger partial charge in [0.05, 0.1) is 12.0 Å². The van der Waals surface area contributed by atoms with E-state index in [0.717, 1.165) is 30.0 Å². The summed E-state index contributed by atoms with van der Waals surface area (Å²) in [6, 6.07) is 8.27. The molecule has 1 atom stereocenters. The number of nitrogens with zero attached hydrogens (tertiary/aromatic N) is 2. The highest BCUT2D eigenvalue weighted by atomic mass is 15.1. The van der Waals surface area contributed by atoms with E-state index in [2.05, 4.69) is 24.0 Å². The smallest absolute Gasteiger partial charge is 0.0671 e. The van der Waals surface area contributed by atoms with Gasteiger partial charge in [-0.3, -0.25) is 0 Å². The minimum atomic E-state index is 0.0293. The highest BCUT2D eigenvalue weighted by Gasteiger charge is 2.09. The summed E-state index contributed by atoms with van der Waals surface area (Å²) in [6.07, 6.45) is 0. The van der Waals surface area contributed by atoms with Gasteiger partial charge in [0.1, 0.15) is 0 Å². The Balaban J connectivity index is 2.91. The largest absolute Gasteiger partial charge is 0.399 e. The molecule has 0 aliphatic heterocycles. The molecule has 3 nitrogen and oxygen atoms in total. The maximum Gasteiger partial charge on any atom is 0.0671 e. The second-order valence-electron chi connectivity index (χ2n) is 4.17. The predicted octanol–water partition coefficient (Wildman–Crippen LogP) is 2.56. The van der Waals surface area contributed by atoms with Crippen LogP contribution in [0.5, 0.6) is 0 Å². The number of rotatable bonds is 4. The Hall–Kier alpha value is -1.69. The summed E-state index contributed by atoms with van der Waals surface area (Å²) in [6.45, 7) is 7.68. The first-order chi connectivity index (χ1) is 7.56. The minimum absolute atomic E-state index is 0.0293. The lowest BCUT2D eigenvalue weighted by molar-refractivity contribution is 0.686. The maximum absolute atomic E-state index is 8.83. The summed E-state index contributed by atoms with van der Waals surface area (Å²) in [5.41, 5.74) is 8.85. The van der Waals surface area contributed by atoms with Crippen LogP contribution in [0.15, 0.2) is 18.2 Å². The normalized spacial score (nSPS) is 11.9. The van der Waals surface area contributed by atoms with E-state index in [9.17, 15) is 0 Å². The number of hydrogen-bond donors (Lipinski definition) is 1. The second-order valence-corrected chi connectivity index (χ2v) is 4.17. The van der Waals surface area contributed by atoms with Crippen LogP contribution in [-0.4, -0.2) is 13.1 Å². The molecule has 0 aliphatic carbocycles. The Morgan fingerprint density at radius 1 is 1.44 bits per heavy atom. The van der Waals surface area contributed by atoms with Gasteiger partial charge in [-0.05, 0) is 44.5 Å².